The zero-order valence-electron chi connectivity index (χ0n) is 12.9. The molecular formula is C16H15N3O3S2. The summed E-state index contributed by atoms with van der Waals surface area (Å²) < 4.78 is 33.4. The predicted molar refractivity (Wildman–Crippen MR) is 91.6 cm³/mol. The maximum atomic E-state index is 12.5. The predicted octanol–water partition coefficient (Wildman–Crippen LogP) is 3.78. The molecule has 3 aromatic rings. The van der Waals surface area contributed by atoms with E-state index < -0.39 is 10.0 Å². The standard InChI is InChI=1S/C16H15N3O3S2/c1-10-2-6-12(7-3-10)19-24(20,21)14-9-8-13(23-14)16-18-17-15(22-16)11-4-5-11/h2-3,6-9,11,19H,4-5H2,1H3. The fourth-order valence-electron chi connectivity index (χ4n) is 2.24. The summed E-state index contributed by atoms with van der Waals surface area (Å²) in [6, 6.07) is 10.4. The third-order valence-corrected chi connectivity index (χ3v) is 6.67. The van der Waals surface area contributed by atoms with Crippen LogP contribution >= 0.6 is 11.3 Å². The van der Waals surface area contributed by atoms with Crippen molar-refractivity contribution >= 4 is 27.0 Å². The van der Waals surface area contributed by atoms with Crippen LogP contribution in [0.5, 0.6) is 0 Å². The fourth-order valence-corrected chi connectivity index (χ4v) is 4.52. The highest BCUT2D eigenvalue weighted by Crippen LogP contribution is 2.40. The van der Waals surface area contributed by atoms with E-state index in [9.17, 15) is 8.42 Å². The van der Waals surface area contributed by atoms with Crippen LogP contribution in [0.1, 0.15) is 30.2 Å². The number of benzene rings is 1. The van der Waals surface area contributed by atoms with Gasteiger partial charge in [0.1, 0.15) is 4.21 Å². The first kappa shape index (κ1) is 15.3. The van der Waals surface area contributed by atoms with E-state index in [4.69, 9.17) is 4.42 Å². The molecule has 2 aromatic heterocycles. The molecule has 1 fully saturated rings. The van der Waals surface area contributed by atoms with Gasteiger partial charge in [0.2, 0.25) is 5.89 Å². The lowest BCUT2D eigenvalue weighted by atomic mass is 10.2. The van der Waals surface area contributed by atoms with E-state index in [1.165, 1.54) is 0 Å². The molecule has 0 unspecified atom stereocenters. The number of nitrogens with one attached hydrogen (secondary N) is 1. The quantitative estimate of drug-likeness (QED) is 0.747. The van der Waals surface area contributed by atoms with Crippen LogP contribution < -0.4 is 4.72 Å². The molecule has 1 aliphatic rings. The maximum Gasteiger partial charge on any atom is 0.271 e. The minimum absolute atomic E-state index is 0.212. The Hall–Kier alpha value is -2.19. The second-order valence-corrected chi connectivity index (χ2v) is 8.80. The average molecular weight is 361 g/mol. The summed E-state index contributed by atoms with van der Waals surface area (Å²) in [6.45, 7) is 1.95. The smallest absolute Gasteiger partial charge is 0.271 e. The van der Waals surface area contributed by atoms with Gasteiger partial charge in [0.15, 0.2) is 0 Å². The number of nitrogens with zero attached hydrogens (tertiary/aromatic N) is 2. The highest BCUT2D eigenvalue weighted by Gasteiger charge is 2.30. The van der Waals surface area contributed by atoms with Crippen LogP contribution in [0.25, 0.3) is 10.8 Å². The van der Waals surface area contributed by atoms with Crippen molar-refractivity contribution in [3.8, 4) is 10.8 Å². The Bertz CT molecular complexity index is 970. The summed E-state index contributed by atoms with van der Waals surface area (Å²) in [5.41, 5.74) is 1.60. The van der Waals surface area contributed by atoms with Gasteiger partial charge in [0.25, 0.3) is 15.9 Å². The van der Waals surface area contributed by atoms with Crippen LogP contribution in [0.4, 0.5) is 5.69 Å². The number of thiophene rings is 1. The third kappa shape index (κ3) is 3.07. The van der Waals surface area contributed by atoms with Crippen molar-refractivity contribution in [2.45, 2.75) is 29.9 Å². The molecule has 1 saturated carbocycles. The van der Waals surface area contributed by atoms with Gasteiger partial charge in [-0.15, -0.1) is 21.5 Å². The minimum atomic E-state index is -3.63. The number of aromatic nitrogens is 2. The molecule has 1 N–H and O–H groups in total. The van der Waals surface area contributed by atoms with Gasteiger partial charge in [-0.1, -0.05) is 17.7 Å². The summed E-state index contributed by atoms with van der Waals surface area (Å²) in [4.78, 5) is 0.652. The van der Waals surface area contributed by atoms with Gasteiger partial charge in [-0.3, -0.25) is 4.72 Å². The summed E-state index contributed by atoms with van der Waals surface area (Å²) >= 11 is 1.11. The number of anilines is 1. The van der Waals surface area contributed by atoms with Crippen molar-refractivity contribution < 1.29 is 12.8 Å². The summed E-state index contributed by atoms with van der Waals surface area (Å²) in [7, 11) is -3.63. The van der Waals surface area contributed by atoms with Crippen molar-refractivity contribution in [1.82, 2.24) is 10.2 Å². The molecule has 6 nitrogen and oxygen atoms in total. The van der Waals surface area contributed by atoms with Gasteiger partial charge in [-0.25, -0.2) is 8.42 Å². The fraction of sp³-hybridized carbons (Fsp3) is 0.250. The Morgan fingerprint density at radius 2 is 1.88 bits per heavy atom. The number of aryl methyl sites for hydroxylation is 1. The average Bonchev–Trinajstić information content (AvgIpc) is 3.09. The summed E-state index contributed by atoms with van der Waals surface area (Å²) in [6.07, 6.45) is 2.15. The second kappa shape index (κ2) is 5.71. The number of hydrogen-bond acceptors (Lipinski definition) is 6. The molecule has 24 heavy (non-hydrogen) atoms. The van der Waals surface area contributed by atoms with Gasteiger partial charge < -0.3 is 4.42 Å². The molecule has 0 atom stereocenters. The van der Waals surface area contributed by atoms with E-state index in [1.807, 2.05) is 19.1 Å². The first-order valence-corrected chi connectivity index (χ1v) is 9.84. The van der Waals surface area contributed by atoms with E-state index in [1.54, 1.807) is 24.3 Å². The Morgan fingerprint density at radius 3 is 2.58 bits per heavy atom. The van der Waals surface area contributed by atoms with Gasteiger partial charge in [-0.05, 0) is 44.0 Å². The first-order chi connectivity index (χ1) is 11.5. The van der Waals surface area contributed by atoms with Gasteiger partial charge in [0, 0.05) is 11.6 Å². The molecule has 0 spiro atoms. The van der Waals surface area contributed by atoms with Crippen molar-refractivity contribution in [3.05, 3.63) is 47.9 Å². The molecular weight excluding hydrogens is 346 g/mol. The highest BCUT2D eigenvalue weighted by atomic mass is 32.2. The Morgan fingerprint density at radius 1 is 1.12 bits per heavy atom. The van der Waals surface area contributed by atoms with Crippen molar-refractivity contribution in [3.63, 3.8) is 0 Å². The molecule has 1 aromatic carbocycles. The van der Waals surface area contributed by atoms with E-state index >= 15 is 0 Å². The monoisotopic (exact) mass is 361 g/mol. The zero-order valence-corrected chi connectivity index (χ0v) is 14.5. The van der Waals surface area contributed by atoms with Crippen LogP contribution in [0.2, 0.25) is 0 Å². The minimum Gasteiger partial charge on any atom is -0.420 e. The van der Waals surface area contributed by atoms with Crippen LogP contribution in [-0.2, 0) is 10.0 Å². The van der Waals surface area contributed by atoms with Gasteiger partial charge >= 0.3 is 0 Å². The summed E-state index contributed by atoms with van der Waals surface area (Å²) in [5, 5.41) is 8.04. The van der Waals surface area contributed by atoms with Crippen LogP contribution in [0, 0.1) is 6.92 Å². The van der Waals surface area contributed by atoms with E-state index in [-0.39, 0.29) is 4.21 Å². The Labute approximate surface area is 143 Å². The SMILES string of the molecule is Cc1ccc(NS(=O)(=O)c2ccc(-c3nnc(C4CC4)o3)s2)cc1. The van der Waals surface area contributed by atoms with E-state index in [0.717, 1.165) is 29.7 Å². The van der Waals surface area contributed by atoms with Crippen LogP contribution in [0.15, 0.2) is 45.0 Å². The largest absolute Gasteiger partial charge is 0.420 e. The lowest BCUT2D eigenvalue weighted by Gasteiger charge is -2.06. The molecule has 0 aliphatic heterocycles. The zero-order chi connectivity index (χ0) is 16.7. The third-order valence-electron chi connectivity index (χ3n) is 3.73. The number of hydrogen-bond donors (Lipinski definition) is 1. The van der Waals surface area contributed by atoms with Crippen LogP contribution in [-0.4, -0.2) is 18.6 Å². The van der Waals surface area contributed by atoms with Crippen molar-refractivity contribution in [1.29, 1.82) is 0 Å². The molecule has 0 saturated heterocycles. The lowest BCUT2D eigenvalue weighted by Crippen LogP contribution is -2.11. The highest BCUT2D eigenvalue weighted by molar-refractivity contribution is 7.94. The molecule has 2 heterocycles. The Kier molecular flexibility index (Phi) is 3.65. The Balaban J connectivity index is 1.57. The summed E-state index contributed by atoms with van der Waals surface area (Å²) in [5.74, 6) is 1.39. The topological polar surface area (TPSA) is 85.1 Å². The molecule has 4 rings (SSSR count). The molecule has 1 aliphatic carbocycles. The number of rotatable bonds is 5. The second-order valence-electron chi connectivity index (χ2n) is 5.81. The number of sulfonamides is 1. The molecule has 124 valence electrons. The molecule has 0 bridgehead atoms. The maximum absolute atomic E-state index is 12.5. The molecule has 8 heteroatoms. The van der Waals surface area contributed by atoms with Crippen molar-refractivity contribution in [2.75, 3.05) is 4.72 Å². The molecule has 0 amide bonds. The molecule has 0 radical (unpaired) electrons. The van der Waals surface area contributed by atoms with E-state index in [0.29, 0.717) is 28.3 Å². The first-order valence-electron chi connectivity index (χ1n) is 7.54. The van der Waals surface area contributed by atoms with Gasteiger partial charge in [-0.2, -0.15) is 0 Å². The normalized spacial score (nSPS) is 14.7. The van der Waals surface area contributed by atoms with Gasteiger partial charge in [0.05, 0.1) is 4.88 Å². The van der Waals surface area contributed by atoms with Crippen molar-refractivity contribution in [2.24, 2.45) is 0 Å². The van der Waals surface area contributed by atoms with Crippen LogP contribution in [0.3, 0.4) is 0 Å². The van der Waals surface area contributed by atoms with E-state index in [2.05, 4.69) is 14.9 Å². The lowest BCUT2D eigenvalue weighted by molar-refractivity contribution is 0.509.